The highest BCUT2D eigenvalue weighted by Crippen LogP contribution is 2.33. The Balaban J connectivity index is 2.66. The number of pyridine rings is 1. The van der Waals surface area contributed by atoms with Gasteiger partial charge in [0.05, 0.1) is 22.5 Å². The van der Waals surface area contributed by atoms with Gasteiger partial charge in [-0.05, 0) is 38.0 Å². The fraction of sp³-hybridized carbons (Fsp3) is 0.357. The van der Waals surface area contributed by atoms with Gasteiger partial charge in [0.1, 0.15) is 5.75 Å². The van der Waals surface area contributed by atoms with Crippen molar-refractivity contribution in [3.63, 3.8) is 0 Å². The molecule has 2 nitrogen and oxygen atoms in total. The quantitative estimate of drug-likeness (QED) is 0.809. The summed E-state index contributed by atoms with van der Waals surface area (Å²) in [6.07, 6.45) is 0.978. The van der Waals surface area contributed by atoms with E-state index in [1.54, 1.807) is 0 Å². The number of rotatable bonds is 3. The number of benzene rings is 1. The molecule has 0 spiro atoms. The molecule has 0 bridgehead atoms. The van der Waals surface area contributed by atoms with Crippen molar-refractivity contribution in [3.05, 3.63) is 34.5 Å². The van der Waals surface area contributed by atoms with Gasteiger partial charge in [0.25, 0.3) is 0 Å². The van der Waals surface area contributed by atoms with Gasteiger partial charge in [-0.2, -0.15) is 0 Å². The van der Waals surface area contributed by atoms with Crippen molar-refractivity contribution in [1.29, 1.82) is 0 Å². The molecule has 0 fully saturated rings. The van der Waals surface area contributed by atoms with Crippen LogP contribution in [0.25, 0.3) is 10.9 Å². The van der Waals surface area contributed by atoms with Crippen LogP contribution in [-0.2, 0) is 0 Å². The third kappa shape index (κ3) is 2.37. The van der Waals surface area contributed by atoms with Crippen LogP contribution in [0.3, 0.4) is 0 Å². The first-order chi connectivity index (χ1) is 8.13. The van der Waals surface area contributed by atoms with Crippen LogP contribution < -0.4 is 4.74 Å². The van der Waals surface area contributed by atoms with E-state index in [0.717, 1.165) is 34.3 Å². The second kappa shape index (κ2) is 4.92. The number of ether oxygens (including phenoxy) is 1. The molecule has 0 atom stereocenters. The first-order valence-corrected chi connectivity index (χ1v) is 6.20. The molecule has 1 heterocycles. The molecule has 0 saturated heterocycles. The highest BCUT2D eigenvalue weighted by Gasteiger charge is 2.10. The molecule has 0 aliphatic rings. The molecule has 0 unspecified atom stereocenters. The van der Waals surface area contributed by atoms with Gasteiger partial charge in [-0.15, -0.1) is 0 Å². The number of aryl methyl sites for hydroxylation is 2. The second-order valence-corrected chi connectivity index (χ2v) is 4.61. The van der Waals surface area contributed by atoms with Gasteiger partial charge in [-0.25, -0.2) is 0 Å². The lowest BCUT2D eigenvalue weighted by Crippen LogP contribution is -1.98. The normalized spacial score (nSPS) is 10.8. The zero-order valence-corrected chi connectivity index (χ0v) is 11.1. The Morgan fingerprint density at radius 3 is 2.76 bits per heavy atom. The maximum atomic E-state index is 6.30. The zero-order valence-electron chi connectivity index (χ0n) is 10.4. The van der Waals surface area contributed by atoms with Crippen LogP contribution in [0.1, 0.15) is 24.6 Å². The van der Waals surface area contributed by atoms with Crippen molar-refractivity contribution in [2.24, 2.45) is 0 Å². The van der Waals surface area contributed by atoms with Crippen LogP contribution in [-0.4, -0.2) is 11.6 Å². The lowest BCUT2D eigenvalue weighted by molar-refractivity contribution is 0.321. The van der Waals surface area contributed by atoms with E-state index in [4.69, 9.17) is 16.3 Å². The van der Waals surface area contributed by atoms with E-state index >= 15 is 0 Å². The lowest BCUT2D eigenvalue weighted by Gasteiger charge is -2.11. The summed E-state index contributed by atoms with van der Waals surface area (Å²) in [5.74, 6) is 0.824. The number of aromatic nitrogens is 1. The monoisotopic (exact) mass is 249 g/mol. The largest absolute Gasteiger partial charge is 0.493 e. The summed E-state index contributed by atoms with van der Waals surface area (Å²) in [6, 6.07) is 5.87. The van der Waals surface area contributed by atoms with Crippen LogP contribution in [0.4, 0.5) is 0 Å². The zero-order chi connectivity index (χ0) is 12.4. The fourth-order valence-electron chi connectivity index (χ4n) is 1.85. The minimum Gasteiger partial charge on any atom is -0.493 e. The molecule has 2 rings (SSSR count). The summed E-state index contributed by atoms with van der Waals surface area (Å²) in [7, 11) is 0. The molecular formula is C14H16ClNO. The van der Waals surface area contributed by atoms with Gasteiger partial charge < -0.3 is 4.74 Å². The Labute approximate surface area is 107 Å². The second-order valence-electron chi connectivity index (χ2n) is 4.20. The van der Waals surface area contributed by atoms with E-state index in [2.05, 4.69) is 11.9 Å². The number of hydrogen-bond acceptors (Lipinski definition) is 2. The predicted molar refractivity (Wildman–Crippen MR) is 72.0 cm³/mol. The Kier molecular flexibility index (Phi) is 3.53. The van der Waals surface area contributed by atoms with Crippen LogP contribution in [0.5, 0.6) is 5.75 Å². The highest BCUT2D eigenvalue weighted by molar-refractivity contribution is 6.36. The third-order valence-corrected chi connectivity index (χ3v) is 2.96. The van der Waals surface area contributed by atoms with Crippen LogP contribution >= 0.6 is 11.6 Å². The standard InChI is InChI=1S/C14H16ClNO/c1-4-7-17-12-6-5-9(2)14-13(12)11(15)8-10(3)16-14/h5-6,8H,4,7H2,1-3H3. The molecule has 0 amide bonds. The molecule has 0 aliphatic carbocycles. The number of hydrogen-bond donors (Lipinski definition) is 0. The molecule has 3 heteroatoms. The highest BCUT2D eigenvalue weighted by atomic mass is 35.5. The van der Waals surface area contributed by atoms with Crippen LogP contribution in [0.15, 0.2) is 18.2 Å². The molecule has 0 radical (unpaired) electrons. The van der Waals surface area contributed by atoms with E-state index < -0.39 is 0 Å². The SMILES string of the molecule is CCCOc1ccc(C)c2nc(C)cc(Cl)c12. The molecule has 2 aromatic rings. The smallest absolute Gasteiger partial charge is 0.130 e. The molecule has 90 valence electrons. The molecule has 1 aromatic carbocycles. The van der Waals surface area contributed by atoms with E-state index in [9.17, 15) is 0 Å². The number of nitrogens with zero attached hydrogens (tertiary/aromatic N) is 1. The Morgan fingerprint density at radius 1 is 1.29 bits per heavy atom. The Hall–Kier alpha value is -1.28. The molecule has 0 aliphatic heterocycles. The summed E-state index contributed by atoms with van der Waals surface area (Å²) >= 11 is 6.30. The molecule has 1 aromatic heterocycles. The first kappa shape index (κ1) is 12.2. The molecule has 0 N–H and O–H groups in total. The van der Waals surface area contributed by atoms with Gasteiger partial charge in [-0.1, -0.05) is 24.6 Å². The molecule has 0 saturated carbocycles. The van der Waals surface area contributed by atoms with E-state index in [1.807, 2.05) is 32.0 Å². The van der Waals surface area contributed by atoms with Crippen molar-refractivity contribution in [2.75, 3.05) is 6.61 Å². The topological polar surface area (TPSA) is 22.1 Å². The van der Waals surface area contributed by atoms with Gasteiger partial charge in [-0.3, -0.25) is 4.98 Å². The first-order valence-electron chi connectivity index (χ1n) is 5.82. The third-order valence-electron chi connectivity index (χ3n) is 2.67. The van der Waals surface area contributed by atoms with Crippen LogP contribution in [0, 0.1) is 13.8 Å². The summed E-state index contributed by atoms with van der Waals surface area (Å²) in [5.41, 5.74) is 2.98. The van der Waals surface area contributed by atoms with Crippen molar-refractivity contribution in [1.82, 2.24) is 4.98 Å². The van der Waals surface area contributed by atoms with Gasteiger partial charge in [0.15, 0.2) is 0 Å². The van der Waals surface area contributed by atoms with Crippen molar-refractivity contribution in [3.8, 4) is 5.75 Å². The number of halogens is 1. The molecular weight excluding hydrogens is 234 g/mol. The average molecular weight is 250 g/mol. The number of fused-ring (bicyclic) bond motifs is 1. The Morgan fingerprint density at radius 2 is 2.06 bits per heavy atom. The minimum atomic E-state index is 0.697. The average Bonchev–Trinajstić information content (AvgIpc) is 2.28. The summed E-state index contributed by atoms with van der Waals surface area (Å²) in [4.78, 5) is 4.54. The van der Waals surface area contributed by atoms with E-state index in [1.165, 1.54) is 0 Å². The lowest BCUT2D eigenvalue weighted by atomic mass is 10.1. The van der Waals surface area contributed by atoms with E-state index in [0.29, 0.717) is 11.6 Å². The van der Waals surface area contributed by atoms with Crippen molar-refractivity contribution >= 4 is 22.5 Å². The summed E-state index contributed by atoms with van der Waals surface area (Å²) < 4.78 is 5.72. The van der Waals surface area contributed by atoms with Crippen molar-refractivity contribution in [2.45, 2.75) is 27.2 Å². The van der Waals surface area contributed by atoms with Gasteiger partial charge in [0.2, 0.25) is 0 Å². The summed E-state index contributed by atoms with van der Waals surface area (Å²) in [6.45, 7) is 6.77. The van der Waals surface area contributed by atoms with E-state index in [-0.39, 0.29) is 0 Å². The Bertz CT molecular complexity index is 551. The maximum Gasteiger partial charge on any atom is 0.130 e. The van der Waals surface area contributed by atoms with Crippen LogP contribution in [0.2, 0.25) is 5.02 Å². The molecule has 17 heavy (non-hydrogen) atoms. The fourth-order valence-corrected chi connectivity index (χ4v) is 2.19. The van der Waals surface area contributed by atoms with Gasteiger partial charge in [0, 0.05) is 5.69 Å². The maximum absolute atomic E-state index is 6.30. The summed E-state index contributed by atoms with van der Waals surface area (Å²) in [5, 5.41) is 1.63. The van der Waals surface area contributed by atoms with Crippen molar-refractivity contribution < 1.29 is 4.74 Å². The van der Waals surface area contributed by atoms with Gasteiger partial charge >= 0.3 is 0 Å². The predicted octanol–water partition coefficient (Wildman–Crippen LogP) is 4.29. The minimum absolute atomic E-state index is 0.697.